The molecule has 0 aliphatic heterocycles. The van der Waals surface area contributed by atoms with Crippen LogP contribution < -0.4 is 0 Å². The van der Waals surface area contributed by atoms with Gasteiger partial charge in [-0.05, 0) is 28.1 Å². The van der Waals surface area contributed by atoms with E-state index in [1.165, 1.54) is 12.1 Å². The first-order valence-corrected chi connectivity index (χ1v) is 4.15. The third kappa shape index (κ3) is 1.76. The van der Waals surface area contributed by atoms with E-state index in [0.717, 1.165) is 6.21 Å². The number of rotatable bonds is 1. The zero-order chi connectivity index (χ0) is 9.14. The summed E-state index contributed by atoms with van der Waals surface area (Å²) in [6, 6.07) is 2.71. The molecule has 0 heterocycles. The van der Waals surface area contributed by atoms with E-state index in [2.05, 4.69) is 21.1 Å². The van der Waals surface area contributed by atoms with Gasteiger partial charge in [0, 0.05) is 4.47 Å². The van der Waals surface area contributed by atoms with E-state index in [-0.39, 0.29) is 10.6 Å². The van der Waals surface area contributed by atoms with Crippen LogP contribution in [0.1, 0.15) is 5.56 Å². The molecule has 5 heteroatoms. The minimum absolute atomic E-state index is 0.0635. The van der Waals surface area contributed by atoms with Crippen molar-refractivity contribution in [3.05, 3.63) is 33.0 Å². The van der Waals surface area contributed by atoms with E-state index < -0.39 is 5.82 Å². The summed E-state index contributed by atoms with van der Waals surface area (Å²) in [5, 5.41) is 11.1. The molecule has 0 atom stereocenters. The fourth-order valence-electron chi connectivity index (χ4n) is 0.719. The third-order valence-electron chi connectivity index (χ3n) is 1.27. The van der Waals surface area contributed by atoms with Crippen LogP contribution in [0.25, 0.3) is 0 Å². The molecular formula is C7H4BrClFNO. The Morgan fingerprint density at radius 2 is 2.25 bits per heavy atom. The highest BCUT2D eigenvalue weighted by molar-refractivity contribution is 9.10. The van der Waals surface area contributed by atoms with Crippen LogP contribution in [0, 0.1) is 5.82 Å². The molecule has 1 aromatic carbocycles. The molecule has 0 radical (unpaired) electrons. The van der Waals surface area contributed by atoms with Gasteiger partial charge in [-0.15, -0.1) is 0 Å². The first-order valence-electron chi connectivity index (χ1n) is 2.97. The summed E-state index contributed by atoms with van der Waals surface area (Å²) in [6.45, 7) is 0. The van der Waals surface area contributed by atoms with E-state index in [9.17, 15) is 4.39 Å². The van der Waals surface area contributed by atoms with Crippen LogP contribution in [0.2, 0.25) is 5.02 Å². The van der Waals surface area contributed by atoms with Crippen molar-refractivity contribution < 1.29 is 9.60 Å². The largest absolute Gasteiger partial charge is 0.411 e. The topological polar surface area (TPSA) is 32.6 Å². The van der Waals surface area contributed by atoms with Crippen LogP contribution in [0.3, 0.4) is 0 Å². The third-order valence-corrected chi connectivity index (χ3v) is 2.56. The molecule has 1 rings (SSSR count). The van der Waals surface area contributed by atoms with Crippen LogP contribution in [0.5, 0.6) is 0 Å². The Morgan fingerprint density at radius 3 is 2.83 bits per heavy atom. The first kappa shape index (κ1) is 9.48. The Bertz CT molecular complexity index is 329. The number of benzene rings is 1. The molecule has 12 heavy (non-hydrogen) atoms. The Hall–Kier alpha value is -0.610. The highest BCUT2D eigenvalue weighted by Gasteiger charge is 2.07. The summed E-state index contributed by atoms with van der Waals surface area (Å²) >= 11 is 8.80. The highest BCUT2D eigenvalue weighted by Crippen LogP contribution is 2.26. The van der Waals surface area contributed by atoms with Gasteiger partial charge in [0.1, 0.15) is 5.82 Å². The number of halogens is 3. The van der Waals surface area contributed by atoms with Crippen LogP contribution in [-0.2, 0) is 0 Å². The molecule has 0 spiro atoms. The van der Waals surface area contributed by atoms with Crippen molar-refractivity contribution in [3.63, 3.8) is 0 Å². The number of oxime groups is 1. The highest BCUT2D eigenvalue weighted by atomic mass is 79.9. The van der Waals surface area contributed by atoms with Gasteiger partial charge in [-0.25, -0.2) is 4.39 Å². The smallest absolute Gasteiger partial charge is 0.133 e. The normalized spacial score (nSPS) is 10.9. The van der Waals surface area contributed by atoms with Crippen LogP contribution >= 0.6 is 27.5 Å². The van der Waals surface area contributed by atoms with Gasteiger partial charge >= 0.3 is 0 Å². The van der Waals surface area contributed by atoms with Crippen molar-refractivity contribution in [2.45, 2.75) is 0 Å². The molecule has 1 N–H and O–H groups in total. The average Bonchev–Trinajstić information content (AvgIpc) is 2.06. The first-order chi connectivity index (χ1) is 5.66. The van der Waals surface area contributed by atoms with Crippen LogP contribution in [0.4, 0.5) is 4.39 Å². The lowest BCUT2D eigenvalue weighted by atomic mass is 10.2. The Kier molecular flexibility index (Phi) is 3.05. The maximum Gasteiger partial charge on any atom is 0.133 e. The SMILES string of the molecule is ON=Cc1c(F)ccc(Br)c1Cl. The molecule has 0 aromatic heterocycles. The molecule has 0 saturated carbocycles. The number of nitrogens with zero attached hydrogens (tertiary/aromatic N) is 1. The zero-order valence-electron chi connectivity index (χ0n) is 5.76. The quantitative estimate of drug-likeness (QED) is 0.354. The maximum absolute atomic E-state index is 12.9. The minimum Gasteiger partial charge on any atom is -0.411 e. The van der Waals surface area contributed by atoms with Crippen molar-refractivity contribution in [1.29, 1.82) is 0 Å². The van der Waals surface area contributed by atoms with Crippen molar-refractivity contribution in [2.24, 2.45) is 5.16 Å². The minimum atomic E-state index is -0.527. The maximum atomic E-state index is 12.9. The van der Waals surface area contributed by atoms with Gasteiger partial charge in [-0.3, -0.25) is 0 Å². The van der Waals surface area contributed by atoms with E-state index in [1.54, 1.807) is 0 Å². The predicted molar refractivity (Wildman–Crippen MR) is 48.5 cm³/mol. The van der Waals surface area contributed by atoms with Gasteiger partial charge in [-0.1, -0.05) is 16.8 Å². The Balaban J connectivity index is 3.32. The zero-order valence-corrected chi connectivity index (χ0v) is 8.10. The molecule has 0 aliphatic rings. The van der Waals surface area contributed by atoms with Gasteiger partial charge in [-0.2, -0.15) is 0 Å². The molecule has 0 fully saturated rings. The van der Waals surface area contributed by atoms with Crippen molar-refractivity contribution in [3.8, 4) is 0 Å². The van der Waals surface area contributed by atoms with E-state index in [4.69, 9.17) is 16.8 Å². The van der Waals surface area contributed by atoms with Gasteiger partial charge in [0.05, 0.1) is 16.8 Å². The van der Waals surface area contributed by atoms with E-state index in [0.29, 0.717) is 4.47 Å². The summed E-state index contributed by atoms with van der Waals surface area (Å²) in [5.74, 6) is -0.527. The Labute approximate surface area is 81.8 Å². The van der Waals surface area contributed by atoms with Crippen LogP contribution in [0.15, 0.2) is 21.8 Å². The predicted octanol–water partition coefficient (Wildman–Crippen LogP) is 3.05. The van der Waals surface area contributed by atoms with Gasteiger partial charge < -0.3 is 5.21 Å². The molecule has 64 valence electrons. The van der Waals surface area contributed by atoms with E-state index in [1.807, 2.05) is 0 Å². The lowest BCUT2D eigenvalue weighted by Crippen LogP contribution is -1.90. The second-order valence-electron chi connectivity index (χ2n) is 2.00. The molecule has 2 nitrogen and oxygen atoms in total. The number of hydrogen-bond acceptors (Lipinski definition) is 2. The second-order valence-corrected chi connectivity index (χ2v) is 3.23. The molecule has 0 bridgehead atoms. The lowest BCUT2D eigenvalue weighted by molar-refractivity contribution is 0.321. The summed E-state index contributed by atoms with van der Waals surface area (Å²) in [4.78, 5) is 0. The van der Waals surface area contributed by atoms with Gasteiger partial charge in [0.2, 0.25) is 0 Å². The molecule has 0 aliphatic carbocycles. The standard InChI is InChI=1S/C7H4BrClFNO/c8-5-1-2-6(10)4(3-11-12)7(5)9/h1-3,12H. The second kappa shape index (κ2) is 3.87. The monoisotopic (exact) mass is 251 g/mol. The number of hydrogen-bond donors (Lipinski definition) is 1. The molecule has 1 aromatic rings. The summed E-state index contributed by atoms with van der Waals surface area (Å²) in [5.41, 5.74) is 0.0635. The Morgan fingerprint density at radius 1 is 1.58 bits per heavy atom. The summed E-state index contributed by atoms with van der Waals surface area (Å²) in [7, 11) is 0. The lowest BCUT2D eigenvalue weighted by Gasteiger charge is -2.00. The summed E-state index contributed by atoms with van der Waals surface area (Å²) in [6.07, 6.45) is 0.947. The average molecular weight is 252 g/mol. The van der Waals surface area contributed by atoms with E-state index >= 15 is 0 Å². The van der Waals surface area contributed by atoms with Gasteiger partial charge in [0.15, 0.2) is 0 Å². The molecule has 0 amide bonds. The fraction of sp³-hybridized carbons (Fsp3) is 0. The van der Waals surface area contributed by atoms with Crippen molar-refractivity contribution in [2.75, 3.05) is 0 Å². The van der Waals surface area contributed by atoms with Crippen molar-refractivity contribution >= 4 is 33.7 Å². The van der Waals surface area contributed by atoms with Gasteiger partial charge in [0.25, 0.3) is 0 Å². The molecular weight excluding hydrogens is 248 g/mol. The van der Waals surface area contributed by atoms with Crippen LogP contribution in [-0.4, -0.2) is 11.4 Å². The molecule has 0 saturated heterocycles. The fourth-order valence-corrected chi connectivity index (χ4v) is 1.27. The molecule has 0 unspecified atom stereocenters. The van der Waals surface area contributed by atoms with Crippen molar-refractivity contribution in [1.82, 2.24) is 0 Å². The summed E-state index contributed by atoms with van der Waals surface area (Å²) < 4.78 is 13.5.